The number of fused-ring (bicyclic) bond motifs is 2. The van der Waals surface area contributed by atoms with Gasteiger partial charge in [-0.2, -0.15) is 0 Å². The van der Waals surface area contributed by atoms with E-state index in [0.717, 1.165) is 39.0 Å². The second-order valence-electron chi connectivity index (χ2n) is 6.40. The first kappa shape index (κ1) is 16.7. The molecule has 21 heavy (non-hydrogen) atoms. The minimum absolute atomic E-state index is 0.131. The lowest BCUT2D eigenvalue weighted by Crippen LogP contribution is -2.51. The molecule has 3 unspecified atom stereocenters. The van der Waals surface area contributed by atoms with E-state index in [1.807, 2.05) is 20.8 Å². The third-order valence-corrected chi connectivity index (χ3v) is 4.56. The number of hydrogen-bond donors (Lipinski definition) is 1. The summed E-state index contributed by atoms with van der Waals surface area (Å²) in [6.07, 6.45) is 5.11. The van der Waals surface area contributed by atoms with Crippen molar-refractivity contribution >= 4 is 5.97 Å². The fourth-order valence-electron chi connectivity index (χ4n) is 3.48. The Kier molecular flexibility index (Phi) is 6.02. The van der Waals surface area contributed by atoms with Crippen molar-refractivity contribution in [1.29, 1.82) is 0 Å². The van der Waals surface area contributed by atoms with E-state index in [4.69, 9.17) is 9.47 Å². The fourth-order valence-corrected chi connectivity index (χ4v) is 3.48. The van der Waals surface area contributed by atoms with Crippen LogP contribution in [0.15, 0.2) is 0 Å². The summed E-state index contributed by atoms with van der Waals surface area (Å²) in [4.78, 5) is 14.6. The van der Waals surface area contributed by atoms with Gasteiger partial charge in [-0.3, -0.25) is 9.69 Å². The number of hydrogen-bond acceptors (Lipinski definition) is 5. The maximum Gasteiger partial charge on any atom is 0.326 e. The van der Waals surface area contributed by atoms with E-state index in [9.17, 15) is 4.79 Å². The maximum atomic E-state index is 12.1. The van der Waals surface area contributed by atoms with Crippen LogP contribution in [0.1, 0.15) is 46.5 Å². The van der Waals surface area contributed by atoms with Crippen molar-refractivity contribution in [1.82, 2.24) is 10.2 Å². The molecule has 2 heterocycles. The predicted octanol–water partition coefficient (Wildman–Crippen LogP) is 1.56. The van der Waals surface area contributed by atoms with Crippen LogP contribution in [0.3, 0.4) is 0 Å². The Morgan fingerprint density at radius 1 is 1.33 bits per heavy atom. The van der Waals surface area contributed by atoms with Gasteiger partial charge < -0.3 is 14.8 Å². The highest BCUT2D eigenvalue weighted by atomic mass is 16.5. The molecule has 0 aromatic carbocycles. The Hall–Kier alpha value is -0.650. The molecule has 0 aromatic heterocycles. The lowest BCUT2D eigenvalue weighted by atomic mass is 9.95. The zero-order chi connectivity index (χ0) is 15.3. The standard InChI is InChI=1S/C16H30N2O3/c1-4-17-16(3,15(19)20-5-2)9-6-10-18-11-13-7-8-14(12-18)21-13/h13-14,17H,4-12H2,1-3H3. The molecular formula is C16H30N2O3. The number of ether oxygens (including phenoxy) is 2. The molecule has 0 spiro atoms. The van der Waals surface area contributed by atoms with Crippen LogP contribution in [0.2, 0.25) is 0 Å². The topological polar surface area (TPSA) is 50.8 Å². The summed E-state index contributed by atoms with van der Waals surface area (Å²) >= 11 is 0. The van der Waals surface area contributed by atoms with Gasteiger partial charge in [0, 0.05) is 13.1 Å². The quantitative estimate of drug-likeness (QED) is 0.689. The van der Waals surface area contributed by atoms with E-state index < -0.39 is 5.54 Å². The van der Waals surface area contributed by atoms with Gasteiger partial charge in [0.25, 0.3) is 0 Å². The van der Waals surface area contributed by atoms with Gasteiger partial charge >= 0.3 is 5.97 Å². The Morgan fingerprint density at radius 2 is 2.00 bits per heavy atom. The zero-order valence-electron chi connectivity index (χ0n) is 13.7. The normalized spacial score (nSPS) is 28.3. The molecule has 0 radical (unpaired) electrons. The first-order chi connectivity index (χ1) is 10.1. The van der Waals surface area contributed by atoms with Crippen molar-refractivity contribution in [3.8, 4) is 0 Å². The number of nitrogens with one attached hydrogen (secondary N) is 1. The van der Waals surface area contributed by atoms with E-state index in [1.165, 1.54) is 12.8 Å². The van der Waals surface area contributed by atoms with Gasteiger partial charge in [0.1, 0.15) is 5.54 Å². The summed E-state index contributed by atoms with van der Waals surface area (Å²) in [5.74, 6) is -0.131. The molecule has 0 aliphatic carbocycles. The van der Waals surface area contributed by atoms with Gasteiger partial charge in [-0.15, -0.1) is 0 Å². The third kappa shape index (κ3) is 4.41. The van der Waals surface area contributed by atoms with Gasteiger partial charge in [0.2, 0.25) is 0 Å². The summed E-state index contributed by atoms with van der Waals surface area (Å²) in [6, 6.07) is 0. The first-order valence-electron chi connectivity index (χ1n) is 8.37. The molecule has 5 heteroatoms. The molecule has 0 saturated carbocycles. The van der Waals surface area contributed by atoms with Crippen molar-refractivity contribution < 1.29 is 14.3 Å². The number of esters is 1. The summed E-state index contributed by atoms with van der Waals surface area (Å²) < 4.78 is 11.1. The zero-order valence-corrected chi connectivity index (χ0v) is 13.7. The van der Waals surface area contributed by atoms with Crippen LogP contribution in [0, 0.1) is 0 Å². The molecule has 2 aliphatic heterocycles. The molecule has 2 saturated heterocycles. The van der Waals surface area contributed by atoms with Crippen LogP contribution in [-0.4, -0.2) is 61.4 Å². The average molecular weight is 298 g/mol. The van der Waals surface area contributed by atoms with Crippen molar-refractivity contribution in [3.05, 3.63) is 0 Å². The molecule has 1 N–H and O–H groups in total. The number of carbonyl (C=O) groups is 1. The highest BCUT2D eigenvalue weighted by Gasteiger charge is 2.35. The van der Waals surface area contributed by atoms with Gasteiger partial charge in [-0.1, -0.05) is 6.92 Å². The van der Waals surface area contributed by atoms with E-state index in [2.05, 4.69) is 10.2 Å². The Labute approximate surface area is 128 Å². The number of rotatable bonds is 8. The molecule has 3 atom stereocenters. The predicted molar refractivity (Wildman–Crippen MR) is 82.3 cm³/mol. The van der Waals surface area contributed by atoms with Crippen molar-refractivity contribution in [2.45, 2.75) is 64.2 Å². The summed E-state index contributed by atoms with van der Waals surface area (Å²) in [5, 5.41) is 3.29. The van der Waals surface area contributed by atoms with E-state index in [1.54, 1.807) is 0 Å². The van der Waals surface area contributed by atoms with E-state index in [-0.39, 0.29) is 5.97 Å². The van der Waals surface area contributed by atoms with Crippen LogP contribution in [0.4, 0.5) is 0 Å². The molecule has 2 bridgehead atoms. The summed E-state index contributed by atoms with van der Waals surface area (Å²) in [6.45, 7) is 10.2. The van der Waals surface area contributed by atoms with Crippen molar-refractivity contribution in [2.24, 2.45) is 0 Å². The second-order valence-corrected chi connectivity index (χ2v) is 6.40. The average Bonchev–Trinajstić information content (AvgIpc) is 2.78. The van der Waals surface area contributed by atoms with Crippen LogP contribution >= 0.6 is 0 Å². The van der Waals surface area contributed by atoms with E-state index in [0.29, 0.717) is 18.8 Å². The molecule has 2 rings (SSSR count). The van der Waals surface area contributed by atoms with Crippen LogP contribution in [0.5, 0.6) is 0 Å². The molecule has 0 amide bonds. The van der Waals surface area contributed by atoms with E-state index >= 15 is 0 Å². The molecule has 2 aliphatic rings. The molecule has 122 valence electrons. The highest BCUT2D eigenvalue weighted by molar-refractivity contribution is 5.80. The van der Waals surface area contributed by atoms with Crippen molar-refractivity contribution in [3.63, 3.8) is 0 Å². The van der Waals surface area contributed by atoms with Crippen LogP contribution < -0.4 is 5.32 Å². The molecule has 5 nitrogen and oxygen atoms in total. The van der Waals surface area contributed by atoms with Crippen LogP contribution in [0.25, 0.3) is 0 Å². The molecular weight excluding hydrogens is 268 g/mol. The minimum Gasteiger partial charge on any atom is -0.465 e. The maximum absolute atomic E-state index is 12.1. The number of likely N-dealkylation sites (N-methyl/N-ethyl adjacent to an activating group) is 1. The monoisotopic (exact) mass is 298 g/mol. The molecule has 0 aromatic rings. The Bertz CT molecular complexity index is 338. The van der Waals surface area contributed by atoms with Gasteiger partial charge in [-0.25, -0.2) is 0 Å². The summed E-state index contributed by atoms with van der Waals surface area (Å²) in [5.41, 5.74) is -0.559. The Morgan fingerprint density at radius 3 is 2.57 bits per heavy atom. The number of morpholine rings is 1. The summed E-state index contributed by atoms with van der Waals surface area (Å²) in [7, 11) is 0. The second kappa shape index (κ2) is 7.56. The minimum atomic E-state index is -0.559. The lowest BCUT2D eigenvalue weighted by Gasteiger charge is -2.33. The fraction of sp³-hybridized carbons (Fsp3) is 0.938. The smallest absolute Gasteiger partial charge is 0.326 e. The number of nitrogens with zero attached hydrogens (tertiary/aromatic N) is 1. The number of carbonyl (C=O) groups excluding carboxylic acids is 1. The van der Waals surface area contributed by atoms with Crippen molar-refractivity contribution in [2.75, 3.05) is 32.8 Å². The first-order valence-corrected chi connectivity index (χ1v) is 8.37. The van der Waals surface area contributed by atoms with Gasteiger partial charge in [-0.05, 0) is 52.6 Å². The SMILES string of the molecule is CCNC(C)(CCCN1CC2CCC(C1)O2)C(=O)OCC. The van der Waals surface area contributed by atoms with Gasteiger partial charge in [0.05, 0.1) is 18.8 Å². The highest BCUT2D eigenvalue weighted by Crippen LogP contribution is 2.26. The number of likely N-dealkylation sites (tertiary alicyclic amines) is 1. The van der Waals surface area contributed by atoms with Gasteiger partial charge in [0.15, 0.2) is 0 Å². The molecule has 2 fully saturated rings. The largest absolute Gasteiger partial charge is 0.465 e. The van der Waals surface area contributed by atoms with Crippen LogP contribution in [-0.2, 0) is 14.3 Å². The lowest BCUT2D eigenvalue weighted by molar-refractivity contribution is -0.151. The Balaban J connectivity index is 1.77. The third-order valence-electron chi connectivity index (χ3n) is 4.56.